The highest BCUT2D eigenvalue weighted by Crippen LogP contribution is 2.33. The van der Waals surface area contributed by atoms with Gasteiger partial charge in [0, 0.05) is 30.6 Å². The molecule has 0 aromatic heterocycles. The van der Waals surface area contributed by atoms with E-state index in [2.05, 4.69) is 15.0 Å². The molecule has 0 spiro atoms. The van der Waals surface area contributed by atoms with Gasteiger partial charge in [-0.15, -0.1) is 0 Å². The van der Waals surface area contributed by atoms with Crippen molar-refractivity contribution in [3.05, 3.63) is 35.4 Å². The summed E-state index contributed by atoms with van der Waals surface area (Å²) in [5, 5.41) is 11.8. The second-order valence-corrected chi connectivity index (χ2v) is 8.25. The number of nitrogens with zero attached hydrogens (tertiary/aromatic N) is 3. The summed E-state index contributed by atoms with van der Waals surface area (Å²) in [5.41, 5.74) is 0.852. The molecule has 1 N–H and O–H groups in total. The minimum absolute atomic E-state index is 0.0529. The number of hydrogen-bond donors (Lipinski definition) is 1. The van der Waals surface area contributed by atoms with Crippen LogP contribution in [0.25, 0.3) is 0 Å². The molecule has 1 aliphatic heterocycles. The number of aliphatic imine (C=N–C) groups is 1. The molecule has 2 atom stereocenters. The molecular formula is C21H26N4O4S. The molecule has 1 saturated heterocycles. The summed E-state index contributed by atoms with van der Waals surface area (Å²) in [6.45, 7) is 6.27. The number of esters is 1. The molecule has 1 fully saturated rings. The molecule has 2 rings (SSSR count). The fraction of sp³-hybridized carbons (Fsp3) is 0.476. The Bertz CT molecular complexity index is 861. The Labute approximate surface area is 180 Å². The first-order chi connectivity index (χ1) is 14.3. The molecule has 2 unspecified atom stereocenters. The summed E-state index contributed by atoms with van der Waals surface area (Å²) in [6, 6.07) is 8.20. The molecule has 1 heterocycles. The number of carbonyl (C=O) groups is 3. The van der Waals surface area contributed by atoms with Gasteiger partial charge in [-0.25, -0.2) is 0 Å². The number of nitriles is 1. The minimum atomic E-state index is -0.418. The number of thioether (sulfide) groups is 1. The number of benzene rings is 1. The third kappa shape index (κ3) is 5.83. The molecule has 9 heteroatoms. The number of nitrogens with one attached hydrogen (secondary N) is 1. The molecule has 1 aliphatic rings. The highest BCUT2D eigenvalue weighted by atomic mass is 32.2. The second kappa shape index (κ2) is 10.8. The number of hydrogen-bond acceptors (Lipinski definition) is 6. The van der Waals surface area contributed by atoms with E-state index in [-0.39, 0.29) is 30.4 Å². The van der Waals surface area contributed by atoms with E-state index in [1.165, 1.54) is 18.9 Å². The molecule has 0 radical (unpaired) electrons. The Kier molecular flexibility index (Phi) is 8.42. The lowest BCUT2D eigenvalue weighted by atomic mass is 10.1. The molecule has 0 aliphatic carbocycles. The Morgan fingerprint density at radius 3 is 2.53 bits per heavy atom. The van der Waals surface area contributed by atoms with Gasteiger partial charge in [-0.05, 0) is 51.5 Å². The average Bonchev–Trinajstić information content (AvgIpc) is 3.06. The van der Waals surface area contributed by atoms with Gasteiger partial charge in [0.25, 0.3) is 5.91 Å². The van der Waals surface area contributed by atoms with Gasteiger partial charge in [-0.1, -0.05) is 11.8 Å². The Morgan fingerprint density at radius 1 is 1.30 bits per heavy atom. The van der Waals surface area contributed by atoms with Crippen LogP contribution >= 0.6 is 11.8 Å². The summed E-state index contributed by atoms with van der Waals surface area (Å²) in [4.78, 5) is 42.7. The lowest BCUT2D eigenvalue weighted by Crippen LogP contribution is -2.45. The van der Waals surface area contributed by atoms with Crippen molar-refractivity contribution in [2.45, 2.75) is 50.9 Å². The Hall–Kier alpha value is -2.86. The van der Waals surface area contributed by atoms with Gasteiger partial charge < -0.3 is 15.0 Å². The summed E-state index contributed by atoms with van der Waals surface area (Å²) < 4.78 is 4.59. The van der Waals surface area contributed by atoms with E-state index in [1.807, 2.05) is 31.7 Å². The number of ether oxygens (including phenoxy) is 1. The van der Waals surface area contributed by atoms with Crippen LogP contribution in [0.15, 0.2) is 29.3 Å². The molecule has 1 aromatic rings. The normalized spacial score (nSPS) is 19.6. The van der Waals surface area contributed by atoms with Crippen LogP contribution in [-0.4, -0.2) is 58.8 Å². The topological polar surface area (TPSA) is 112 Å². The summed E-state index contributed by atoms with van der Waals surface area (Å²) >= 11 is 1.26. The van der Waals surface area contributed by atoms with Gasteiger partial charge in [0.2, 0.25) is 5.91 Å². The number of rotatable bonds is 7. The Morgan fingerprint density at radius 2 is 1.97 bits per heavy atom. The zero-order valence-electron chi connectivity index (χ0n) is 17.5. The maximum Gasteiger partial charge on any atom is 0.305 e. The van der Waals surface area contributed by atoms with Gasteiger partial charge >= 0.3 is 5.97 Å². The van der Waals surface area contributed by atoms with Crippen LogP contribution in [0, 0.1) is 11.3 Å². The summed E-state index contributed by atoms with van der Waals surface area (Å²) in [6.07, 6.45) is 0.740. The molecular weight excluding hydrogens is 404 g/mol. The first-order valence-electron chi connectivity index (χ1n) is 9.71. The first-order valence-corrected chi connectivity index (χ1v) is 10.6. The lowest BCUT2D eigenvalue weighted by Gasteiger charge is -2.28. The third-order valence-corrected chi connectivity index (χ3v) is 6.06. The quantitative estimate of drug-likeness (QED) is 0.522. The summed E-state index contributed by atoms with van der Waals surface area (Å²) in [5.74, 6) is -0.882. The van der Waals surface area contributed by atoms with Crippen molar-refractivity contribution in [1.82, 2.24) is 10.2 Å². The van der Waals surface area contributed by atoms with Crippen LogP contribution < -0.4 is 5.32 Å². The predicted octanol–water partition coefficient (Wildman–Crippen LogP) is 2.34. The van der Waals surface area contributed by atoms with Crippen molar-refractivity contribution in [3.8, 4) is 6.07 Å². The van der Waals surface area contributed by atoms with Crippen molar-refractivity contribution in [2.24, 2.45) is 4.99 Å². The van der Waals surface area contributed by atoms with Crippen LogP contribution in [0.2, 0.25) is 0 Å². The van der Waals surface area contributed by atoms with Crippen molar-refractivity contribution in [2.75, 3.05) is 13.7 Å². The number of methoxy groups -OCH3 is 1. The average molecular weight is 431 g/mol. The molecule has 1 aromatic carbocycles. The van der Waals surface area contributed by atoms with Gasteiger partial charge in [0.15, 0.2) is 5.17 Å². The maximum absolute atomic E-state index is 12.7. The van der Waals surface area contributed by atoms with Gasteiger partial charge in [0.1, 0.15) is 5.25 Å². The first kappa shape index (κ1) is 23.4. The molecule has 0 saturated carbocycles. The highest BCUT2D eigenvalue weighted by molar-refractivity contribution is 8.15. The number of amidine groups is 1. The predicted molar refractivity (Wildman–Crippen MR) is 115 cm³/mol. The molecule has 160 valence electrons. The van der Waals surface area contributed by atoms with Crippen molar-refractivity contribution < 1.29 is 19.1 Å². The second-order valence-electron chi connectivity index (χ2n) is 7.14. The Balaban J connectivity index is 2.09. The largest absolute Gasteiger partial charge is 0.469 e. The van der Waals surface area contributed by atoms with E-state index in [0.29, 0.717) is 29.3 Å². The van der Waals surface area contributed by atoms with Crippen molar-refractivity contribution >= 4 is 34.7 Å². The van der Waals surface area contributed by atoms with Gasteiger partial charge in [0.05, 0.1) is 18.7 Å². The standard InChI is InChI=1S/C21H26N4O4S/c1-13(2)25-14(3)18(20(28)23-11-5-6-17(26)29-4)30-21(25)24-19(27)16-9-7-15(12-22)8-10-16/h7-10,13-14,18H,5-6,11H2,1-4H3,(H,23,28). The highest BCUT2D eigenvalue weighted by Gasteiger charge is 2.42. The monoisotopic (exact) mass is 430 g/mol. The van der Waals surface area contributed by atoms with Crippen LogP contribution in [0.3, 0.4) is 0 Å². The molecule has 2 amide bonds. The molecule has 8 nitrogen and oxygen atoms in total. The van der Waals surface area contributed by atoms with E-state index in [4.69, 9.17) is 5.26 Å². The van der Waals surface area contributed by atoms with Crippen LogP contribution in [0.4, 0.5) is 0 Å². The van der Waals surface area contributed by atoms with E-state index in [1.54, 1.807) is 24.3 Å². The van der Waals surface area contributed by atoms with E-state index in [0.717, 1.165) is 0 Å². The van der Waals surface area contributed by atoms with Crippen LogP contribution in [0.5, 0.6) is 0 Å². The van der Waals surface area contributed by atoms with E-state index in [9.17, 15) is 14.4 Å². The van der Waals surface area contributed by atoms with E-state index < -0.39 is 11.2 Å². The third-order valence-electron chi connectivity index (χ3n) is 4.69. The fourth-order valence-electron chi connectivity index (χ4n) is 3.13. The van der Waals surface area contributed by atoms with Gasteiger partial charge in [-0.3, -0.25) is 14.4 Å². The number of amides is 2. The summed E-state index contributed by atoms with van der Waals surface area (Å²) in [7, 11) is 1.33. The SMILES string of the molecule is COC(=O)CCCNC(=O)C1SC(=NC(=O)c2ccc(C#N)cc2)N(C(C)C)C1C. The smallest absolute Gasteiger partial charge is 0.305 e. The van der Waals surface area contributed by atoms with Crippen LogP contribution in [0.1, 0.15) is 49.5 Å². The zero-order chi connectivity index (χ0) is 22.3. The van der Waals surface area contributed by atoms with Crippen molar-refractivity contribution in [3.63, 3.8) is 0 Å². The van der Waals surface area contributed by atoms with Gasteiger partial charge in [-0.2, -0.15) is 10.3 Å². The van der Waals surface area contributed by atoms with Crippen LogP contribution in [-0.2, 0) is 14.3 Å². The maximum atomic E-state index is 12.7. The van der Waals surface area contributed by atoms with Crippen molar-refractivity contribution in [1.29, 1.82) is 5.26 Å². The molecule has 30 heavy (non-hydrogen) atoms. The fourth-order valence-corrected chi connectivity index (χ4v) is 4.51. The number of carbonyl (C=O) groups excluding carboxylic acids is 3. The minimum Gasteiger partial charge on any atom is -0.469 e. The molecule has 0 bridgehead atoms. The lowest BCUT2D eigenvalue weighted by molar-refractivity contribution is -0.140. The van der Waals surface area contributed by atoms with E-state index >= 15 is 0 Å². The zero-order valence-corrected chi connectivity index (χ0v) is 18.4.